The smallest absolute Gasteiger partial charge is 0.313 e. The molecular formula is C38H56FNO4. The Labute approximate surface area is 265 Å². The molecule has 1 unspecified atom stereocenters. The van der Waals surface area contributed by atoms with Gasteiger partial charge in [0.15, 0.2) is 0 Å². The number of carbonyl (C=O) groups is 2. The molecule has 0 spiro atoms. The van der Waals surface area contributed by atoms with E-state index in [0.29, 0.717) is 17.8 Å². The summed E-state index contributed by atoms with van der Waals surface area (Å²) in [6.07, 6.45) is 11.7. The molecule has 2 aromatic rings. The minimum atomic E-state index is -1.04. The van der Waals surface area contributed by atoms with Crippen molar-refractivity contribution in [1.29, 1.82) is 0 Å². The first-order chi connectivity index (χ1) is 21.0. The summed E-state index contributed by atoms with van der Waals surface area (Å²) in [5.74, 6) is 0.601. The number of carbonyl (C=O) groups excluding carboxylic acids is 1. The van der Waals surface area contributed by atoms with E-state index in [9.17, 15) is 19.1 Å². The first-order valence-corrected chi connectivity index (χ1v) is 17.2. The highest BCUT2D eigenvalue weighted by Crippen LogP contribution is 2.46. The first-order valence-electron chi connectivity index (χ1n) is 17.2. The van der Waals surface area contributed by atoms with Gasteiger partial charge in [-0.15, -0.1) is 0 Å². The van der Waals surface area contributed by atoms with Gasteiger partial charge in [-0.2, -0.15) is 0 Å². The van der Waals surface area contributed by atoms with Crippen LogP contribution in [0.25, 0.3) is 11.1 Å². The quantitative estimate of drug-likeness (QED) is 0.281. The van der Waals surface area contributed by atoms with Gasteiger partial charge in [-0.25, -0.2) is 4.39 Å². The Hall–Kier alpha value is -2.73. The molecule has 0 radical (unpaired) electrons. The van der Waals surface area contributed by atoms with Crippen LogP contribution in [0.1, 0.15) is 136 Å². The van der Waals surface area contributed by atoms with Crippen molar-refractivity contribution in [2.24, 2.45) is 5.92 Å². The lowest BCUT2D eigenvalue weighted by Crippen LogP contribution is -2.37. The van der Waals surface area contributed by atoms with Crippen molar-refractivity contribution in [2.75, 3.05) is 6.54 Å². The van der Waals surface area contributed by atoms with Gasteiger partial charge in [-0.3, -0.25) is 9.59 Å². The number of halogens is 1. The molecule has 2 saturated carbocycles. The van der Waals surface area contributed by atoms with Crippen LogP contribution in [0.3, 0.4) is 0 Å². The Morgan fingerprint density at radius 3 is 2.16 bits per heavy atom. The summed E-state index contributed by atoms with van der Waals surface area (Å²) in [6.45, 7) is 14.7. The summed E-state index contributed by atoms with van der Waals surface area (Å²) in [4.78, 5) is 23.3. The Morgan fingerprint density at radius 2 is 1.64 bits per heavy atom. The predicted octanol–water partition coefficient (Wildman–Crippen LogP) is 9.60. The molecule has 0 amide bonds. The molecule has 6 heteroatoms. The molecule has 244 valence electrons. The van der Waals surface area contributed by atoms with Crippen molar-refractivity contribution in [1.82, 2.24) is 5.32 Å². The van der Waals surface area contributed by atoms with Gasteiger partial charge >= 0.3 is 5.97 Å². The number of nitrogens with one attached hydrogen (secondary N) is 1. The fraction of sp³-hybridized carbons (Fsp3) is 0.632. The maximum Gasteiger partial charge on any atom is 0.313 e. The molecule has 5 rings (SSSR count). The van der Waals surface area contributed by atoms with Crippen molar-refractivity contribution in [3.05, 3.63) is 53.3 Å². The molecule has 1 aliphatic heterocycles. The fourth-order valence-corrected chi connectivity index (χ4v) is 6.69. The van der Waals surface area contributed by atoms with E-state index >= 15 is 0 Å². The van der Waals surface area contributed by atoms with E-state index in [4.69, 9.17) is 4.74 Å². The topological polar surface area (TPSA) is 75.6 Å². The Kier molecular flexibility index (Phi) is 13.0. The number of carboxylic acid groups (broad SMARTS) is 1. The third-order valence-corrected chi connectivity index (χ3v) is 10.2. The van der Waals surface area contributed by atoms with Crippen LogP contribution in [-0.4, -0.2) is 35.0 Å². The molecule has 3 fully saturated rings. The summed E-state index contributed by atoms with van der Waals surface area (Å²) in [5, 5.41) is 13.2. The third kappa shape index (κ3) is 8.10. The largest absolute Gasteiger partial charge is 0.490 e. The number of hydrogen-bond acceptors (Lipinski definition) is 4. The zero-order valence-corrected chi connectivity index (χ0v) is 28.2. The predicted molar refractivity (Wildman–Crippen MR) is 178 cm³/mol. The zero-order chi connectivity index (χ0) is 32.5. The Morgan fingerprint density at radius 1 is 0.977 bits per heavy atom. The van der Waals surface area contributed by atoms with Gasteiger partial charge in [0.05, 0.1) is 11.5 Å². The highest BCUT2D eigenvalue weighted by Gasteiger charge is 2.38. The average molecular weight is 610 g/mol. The van der Waals surface area contributed by atoms with Gasteiger partial charge in [0, 0.05) is 30.0 Å². The Bertz CT molecular complexity index is 1240. The van der Waals surface area contributed by atoms with E-state index in [2.05, 4.69) is 19.2 Å². The molecule has 1 heterocycles. The lowest BCUT2D eigenvalue weighted by atomic mass is 9.76. The van der Waals surface area contributed by atoms with E-state index in [-0.39, 0.29) is 29.3 Å². The van der Waals surface area contributed by atoms with E-state index in [1.807, 2.05) is 45.0 Å². The fourth-order valence-electron chi connectivity index (χ4n) is 6.69. The van der Waals surface area contributed by atoms with Crippen LogP contribution in [0.2, 0.25) is 0 Å². The molecule has 44 heavy (non-hydrogen) atoms. The first kappa shape index (κ1) is 35.7. The molecule has 2 aliphatic carbocycles. The van der Waals surface area contributed by atoms with Crippen LogP contribution in [0.5, 0.6) is 5.75 Å². The minimum Gasteiger partial charge on any atom is -0.490 e. The highest BCUT2D eigenvalue weighted by molar-refractivity contribution is 5.83. The van der Waals surface area contributed by atoms with E-state index in [0.717, 1.165) is 93.2 Å². The number of carboxylic acids is 1. The third-order valence-electron chi connectivity index (χ3n) is 10.2. The molecule has 5 nitrogen and oxygen atoms in total. The molecule has 0 bridgehead atoms. The monoisotopic (exact) mass is 609 g/mol. The van der Waals surface area contributed by atoms with Crippen molar-refractivity contribution in [3.8, 4) is 16.9 Å². The van der Waals surface area contributed by atoms with Gasteiger partial charge < -0.3 is 15.2 Å². The van der Waals surface area contributed by atoms with Crippen LogP contribution < -0.4 is 10.1 Å². The molecule has 1 saturated heterocycles. The van der Waals surface area contributed by atoms with E-state index < -0.39 is 11.4 Å². The Balaban J connectivity index is 0.000000296. The highest BCUT2D eigenvalue weighted by atomic mass is 19.1. The lowest BCUT2D eigenvalue weighted by molar-refractivity contribution is -0.142. The molecule has 2 N–H and O–H groups in total. The SMILES string of the molecule is CC.CC(C)(C(=O)O)c1ccc(OC2CCCC2)c(-c2cccc(F)c2C2CCC2)c1.CCC(=O)C1CNC(CC)(CC)C1. The number of ketones is 1. The standard InChI is InChI=1S/C25H29FO3.C11H21NO.C2H6/c1-25(2,24(27)28)17-13-14-22(29-18-9-3-4-10-18)20(15-17)19-11-6-12-21(26)23(19)16-7-5-8-16;1-4-10(13)9-7-11(5-2,6-3)12-8-9;1-2/h6,11-16,18H,3-5,7-10H2,1-2H3,(H,27,28);9,12H,4-8H2,1-3H3;1-2H3. The molecule has 1 atom stereocenters. The van der Waals surface area contributed by atoms with Gasteiger partial charge in [0.1, 0.15) is 17.3 Å². The summed E-state index contributed by atoms with van der Waals surface area (Å²) < 4.78 is 21.2. The zero-order valence-electron chi connectivity index (χ0n) is 28.2. The second kappa shape index (κ2) is 16.0. The maximum absolute atomic E-state index is 14.9. The maximum atomic E-state index is 14.9. The average Bonchev–Trinajstić information content (AvgIpc) is 3.69. The van der Waals surface area contributed by atoms with Crippen LogP contribution in [0.4, 0.5) is 4.39 Å². The van der Waals surface area contributed by atoms with Crippen LogP contribution in [0.15, 0.2) is 36.4 Å². The van der Waals surface area contributed by atoms with Crippen LogP contribution >= 0.6 is 0 Å². The molecule has 2 aromatic carbocycles. The summed E-state index contributed by atoms with van der Waals surface area (Å²) in [7, 11) is 0. The van der Waals surface area contributed by atoms with Crippen molar-refractivity contribution < 1.29 is 23.8 Å². The summed E-state index contributed by atoms with van der Waals surface area (Å²) in [5.41, 5.74) is 2.32. The summed E-state index contributed by atoms with van der Waals surface area (Å²) in [6, 6.07) is 10.8. The van der Waals surface area contributed by atoms with Crippen molar-refractivity contribution in [2.45, 2.75) is 142 Å². The number of benzene rings is 2. The van der Waals surface area contributed by atoms with E-state index in [1.165, 1.54) is 6.07 Å². The molecular weight excluding hydrogens is 553 g/mol. The van der Waals surface area contributed by atoms with Gasteiger partial charge in [0.2, 0.25) is 0 Å². The number of rotatable bonds is 10. The molecule has 0 aromatic heterocycles. The normalized spacial score (nSPS) is 19.7. The number of ether oxygens (including phenoxy) is 1. The number of hydrogen-bond donors (Lipinski definition) is 2. The minimum absolute atomic E-state index is 0.174. The van der Waals surface area contributed by atoms with E-state index in [1.54, 1.807) is 19.9 Å². The van der Waals surface area contributed by atoms with Crippen molar-refractivity contribution >= 4 is 11.8 Å². The van der Waals surface area contributed by atoms with Crippen LogP contribution in [-0.2, 0) is 15.0 Å². The van der Waals surface area contributed by atoms with Gasteiger partial charge in [0.25, 0.3) is 0 Å². The lowest BCUT2D eigenvalue weighted by Gasteiger charge is -2.30. The van der Waals surface area contributed by atoms with Crippen molar-refractivity contribution in [3.63, 3.8) is 0 Å². The van der Waals surface area contributed by atoms with Crippen LogP contribution in [0, 0.1) is 11.7 Å². The summed E-state index contributed by atoms with van der Waals surface area (Å²) >= 11 is 0. The number of Topliss-reactive ketones (excluding diaryl/α,β-unsaturated/α-hetero) is 1. The second-order valence-electron chi connectivity index (χ2n) is 13.1. The van der Waals surface area contributed by atoms with Gasteiger partial charge in [-0.05, 0) is 112 Å². The van der Waals surface area contributed by atoms with Gasteiger partial charge in [-0.1, -0.05) is 59.2 Å². The molecule has 3 aliphatic rings. The second-order valence-corrected chi connectivity index (χ2v) is 13.1. The number of aliphatic carboxylic acids is 1.